The summed E-state index contributed by atoms with van der Waals surface area (Å²) in [6.45, 7) is 10.2. The van der Waals surface area contributed by atoms with Crippen LogP contribution < -0.4 is 5.32 Å². The van der Waals surface area contributed by atoms with Crippen molar-refractivity contribution in [3.05, 3.63) is 0 Å². The first-order valence-corrected chi connectivity index (χ1v) is 6.43. The van der Waals surface area contributed by atoms with Gasteiger partial charge in [0.15, 0.2) is 0 Å². The van der Waals surface area contributed by atoms with Gasteiger partial charge in [-0.1, -0.05) is 34.1 Å². The summed E-state index contributed by atoms with van der Waals surface area (Å²) in [6, 6.07) is 0.0326. The first-order valence-electron chi connectivity index (χ1n) is 6.43. The Balaban J connectivity index is 4.26. The number of hydrogen-bond acceptors (Lipinski definition) is 4. The van der Waals surface area contributed by atoms with Crippen LogP contribution in [0.5, 0.6) is 0 Å². The Morgan fingerprint density at radius 1 is 1.29 bits per heavy atom. The monoisotopic (exact) mass is 244 g/mol. The van der Waals surface area contributed by atoms with Crippen LogP contribution in [0.15, 0.2) is 0 Å². The van der Waals surface area contributed by atoms with Gasteiger partial charge in [0.1, 0.15) is 6.04 Å². The van der Waals surface area contributed by atoms with Crippen molar-refractivity contribution in [2.24, 2.45) is 5.92 Å². The number of nitrogens with one attached hydrogen (secondary N) is 1. The maximum absolute atomic E-state index is 11.6. The summed E-state index contributed by atoms with van der Waals surface area (Å²) < 4.78 is 4.82. The molecule has 0 amide bonds. The first-order chi connectivity index (χ1) is 7.90. The van der Waals surface area contributed by atoms with Gasteiger partial charge in [-0.05, 0) is 13.0 Å². The molecule has 0 aromatic carbocycles. The van der Waals surface area contributed by atoms with E-state index >= 15 is 0 Å². The summed E-state index contributed by atoms with van der Waals surface area (Å²) in [4.78, 5) is 13.8. The molecule has 17 heavy (non-hydrogen) atoms. The van der Waals surface area contributed by atoms with Gasteiger partial charge in [-0.2, -0.15) is 0 Å². The van der Waals surface area contributed by atoms with E-state index in [1.807, 2.05) is 20.9 Å². The second kappa shape index (κ2) is 8.48. The SMILES string of the molecule is CCC(C)CN(C)CC(NC(C)C)C(=O)OC. The fourth-order valence-corrected chi connectivity index (χ4v) is 1.79. The van der Waals surface area contributed by atoms with Crippen molar-refractivity contribution in [2.75, 3.05) is 27.2 Å². The molecule has 0 bridgehead atoms. The maximum atomic E-state index is 11.6. The number of carbonyl (C=O) groups excluding carboxylic acids is 1. The van der Waals surface area contributed by atoms with Gasteiger partial charge in [0.25, 0.3) is 0 Å². The lowest BCUT2D eigenvalue weighted by atomic mass is 10.1. The summed E-state index contributed by atoms with van der Waals surface area (Å²) in [7, 11) is 3.48. The zero-order valence-electron chi connectivity index (χ0n) is 12.1. The van der Waals surface area contributed by atoms with Crippen molar-refractivity contribution < 1.29 is 9.53 Å². The lowest BCUT2D eigenvalue weighted by molar-refractivity contribution is -0.143. The maximum Gasteiger partial charge on any atom is 0.324 e. The molecule has 0 heterocycles. The number of nitrogens with zero attached hydrogens (tertiary/aromatic N) is 1. The molecule has 102 valence electrons. The quantitative estimate of drug-likeness (QED) is 0.657. The van der Waals surface area contributed by atoms with Crippen molar-refractivity contribution in [1.29, 1.82) is 0 Å². The molecule has 0 aliphatic heterocycles. The molecular formula is C13H28N2O2. The number of methoxy groups -OCH3 is 1. The Bertz CT molecular complexity index is 219. The summed E-state index contributed by atoms with van der Waals surface area (Å²) >= 11 is 0. The largest absolute Gasteiger partial charge is 0.468 e. The van der Waals surface area contributed by atoms with Crippen LogP contribution in [-0.4, -0.2) is 50.2 Å². The highest BCUT2D eigenvalue weighted by Gasteiger charge is 2.21. The Kier molecular flexibility index (Phi) is 8.17. The molecule has 4 heteroatoms. The number of ether oxygens (including phenoxy) is 1. The van der Waals surface area contributed by atoms with Gasteiger partial charge >= 0.3 is 5.97 Å². The predicted molar refractivity (Wildman–Crippen MR) is 71.0 cm³/mol. The van der Waals surface area contributed by atoms with E-state index < -0.39 is 0 Å². The smallest absolute Gasteiger partial charge is 0.324 e. The van der Waals surface area contributed by atoms with Gasteiger partial charge in [-0.25, -0.2) is 0 Å². The van der Waals surface area contributed by atoms with E-state index in [0.29, 0.717) is 12.5 Å². The van der Waals surface area contributed by atoms with E-state index in [1.165, 1.54) is 7.11 Å². The third-order valence-electron chi connectivity index (χ3n) is 2.83. The minimum atomic E-state index is -0.242. The van der Waals surface area contributed by atoms with Gasteiger partial charge in [0, 0.05) is 19.1 Å². The summed E-state index contributed by atoms with van der Waals surface area (Å²) in [5, 5.41) is 3.24. The van der Waals surface area contributed by atoms with Gasteiger partial charge in [-0.15, -0.1) is 0 Å². The molecular weight excluding hydrogens is 216 g/mol. The predicted octanol–water partition coefficient (Wildman–Crippen LogP) is 1.50. The third-order valence-corrected chi connectivity index (χ3v) is 2.83. The molecule has 0 saturated carbocycles. The molecule has 0 aliphatic rings. The second-order valence-corrected chi connectivity index (χ2v) is 5.13. The molecule has 0 aliphatic carbocycles. The van der Waals surface area contributed by atoms with E-state index in [9.17, 15) is 4.79 Å². The van der Waals surface area contributed by atoms with E-state index in [4.69, 9.17) is 4.74 Å². The molecule has 0 aromatic rings. The van der Waals surface area contributed by atoms with Gasteiger partial charge in [-0.3, -0.25) is 4.79 Å². The Morgan fingerprint density at radius 3 is 2.29 bits per heavy atom. The zero-order chi connectivity index (χ0) is 13.4. The van der Waals surface area contributed by atoms with Crippen LogP contribution in [0.25, 0.3) is 0 Å². The average Bonchev–Trinajstić information content (AvgIpc) is 2.26. The summed E-state index contributed by atoms with van der Waals surface area (Å²) in [5.74, 6) is 0.465. The van der Waals surface area contributed by atoms with E-state index in [0.717, 1.165) is 13.0 Å². The Labute approximate surface area is 106 Å². The van der Waals surface area contributed by atoms with Crippen molar-refractivity contribution in [3.8, 4) is 0 Å². The topological polar surface area (TPSA) is 41.6 Å². The van der Waals surface area contributed by atoms with Gasteiger partial charge in [0.2, 0.25) is 0 Å². The molecule has 0 rings (SSSR count). The number of likely N-dealkylation sites (N-methyl/N-ethyl adjacent to an activating group) is 1. The average molecular weight is 244 g/mol. The first kappa shape index (κ1) is 16.4. The fourth-order valence-electron chi connectivity index (χ4n) is 1.79. The lowest BCUT2D eigenvalue weighted by Gasteiger charge is -2.26. The standard InChI is InChI=1S/C13H28N2O2/c1-7-11(4)8-15(5)9-12(13(16)17-6)14-10(2)3/h10-12,14H,7-9H2,1-6H3. The number of rotatable bonds is 8. The Hall–Kier alpha value is -0.610. The summed E-state index contributed by atoms with van der Waals surface area (Å²) in [5.41, 5.74) is 0. The number of hydrogen-bond donors (Lipinski definition) is 1. The van der Waals surface area contributed by atoms with Crippen LogP contribution in [0.4, 0.5) is 0 Å². The molecule has 4 nitrogen and oxygen atoms in total. The van der Waals surface area contributed by atoms with Gasteiger partial charge < -0.3 is 15.0 Å². The van der Waals surface area contributed by atoms with Crippen molar-refractivity contribution in [3.63, 3.8) is 0 Å². The minimum absolute atomic E-state index is 0.185. The van der Waals surface area contributed by atoms with Crippen LogP contribution in [0, 0.1) is 5.92 Å². The third kappa shape index (κ3) is 7.34. The molecule has 0 radical (unpaired) electrons. The zero-order valence-corrected chi connectivity index (χ0v) is 12.1. The molecule has 0 fully saturated rings. The molecule has 0 saturated heterocycles. The van der Waals surface area contributed by atoms with Crippen LogP contribution >= 0.6 is 0 Å². The lowest BCUT2D eigenvalue weighted by Crippen LogP contribution is -2.48. The van der Waals surface area contributed by atoms with Crippen molar-refractivity contribution in [2.45, 2.75) is 46.2 Å². The second-order valence-electron chi connectivity index (χ2n) is 5.13. The molecule has 1 N–H and O–H groups in total. The highest BCUT2D eigenvalue weighted by Crippen LogP contribution is 2.04. The van der Waals surface area contributed by atoms with E-state index in [-0.39, 0.29) is 18.1 Å². The van der Waals surface area contributed by atoms with Crippen LogP contribution in [0.2, 0.25) is 0 Å². The Morgan fingerprint density at radius 2 is 1.88 bits per heavy atom. The fraction of sp³-hybridized carbons (Fsp3) is 0.923. The highest BCUT2D eigenvalue weighted by atomic mass is 16.5. The molecule has 0 spiro atoms. The highest BCUT2D eigenvalue weighted by molar-refractivity contribution is 5.75. The van der Waals surface area contributed by atoms with E-state index in [1.54, 1.807) is 0 Å². The van der Waals surface area contributed by atoms with E-state index in [2.05, 4.69) is 24.1 Å². The number of esters is 1. The summed E-state index contributed by atoms with van der Waals surface area (Å²) in [6.07, 6.45) is 1.16. The van der Waals surface area contributed by atoms with Crippen molar-refractivity contribution >= 4 is 5.97 Å². The van der Waals surface area contributed by atoms with Crippen LogP contribution in [0.1, 0.15) is 34.1 Å². The number of carbonyl (C=O) groups is 1. The van der Waals surface area contributed by atoms with Gasteiger partial charge in [0.05, 0.1) is 7.11 Å². The van der Waals surface area contributed by atoms with Crippen LogP contribution in [-0.2, 0) is 9.53 Å². The normalized spacial score (nSPS) is 15.1. The van der Waals surface area contributed by atoms with Crippen molar-refractivity contribution in [1.82, 2.24) is 10.2 Å². The molecule has 2 atom stereocenters. The molecule has 2 unspecified atom stereocenters. The minimum Gasteiger partial charge on any atom is -0.468 e. The van der Waals surface area contributed by atoms with Crippen LogP contribution in [0.3, 0.4) is 0 Å². The molecule has 0 aromatic heterocycles.